The highest BCUT2D eigenvalue weighted by Gasteiger charge is 2.10. The van der Waals surface area contributed by atoms with E-state index in [1.54, 1.807) is 12.1 Å². The van der Waals surface area contributed by atoms with E-state index >= 15 is 0 Å². The number of non-ortho nitro benzene ring substituents is 1. The summed E-state index contributed by atoms with van der Waals surface area (Å²) < 4.78 is 0. The highest BCUT2D eigenvalue weighted by molar-refractivity contribution is 7.99. The number of hydrogen-bond donors (Lipinski definition) is 1. The van der Waals surface area contributed by atoms with E-state index in [0.717, 1.165) is 17.7 Å². The van der Waals surface area contributed by atoms with Crippen molar-refractivity contribution in [1.82, 2.24) is 10.2 Å². The number of nitro benzene ring substituents is 1. The van der Waals surface area contributed by atoms with Crippen LogP contribution in [0.3, 0.4) is 0 Å². The third kappa shape index (κ3) is 7.18. The molecule has 0 saturated carbocycles. The van der Waals surface area contributed by atoms with Crippen LogP contribution in [0.1, 0.15) is 36.0 Å². The summed E-state index contributed by atoms with van der Waals surface area (Å²) in [5, 5.41) is 13.6. The molecule has 0 aromatic heterocycles. The fourth-order valence-electron chi connectivity index (χ4n) is 3.37. The SMILES string of the molecule is O=C(CSCc1ccc([N+](=O)[O-])cc1)NCc1ccc(CN2CCCCC2)cc1. The van der Waals surface area contributed by atoms with Crippen LogP contribution in [0.2, 0.25) is 0 Å². The number of hydrogen-bond acceptors (Lipinski definition) is 5. The maximum atomic E-state index is 12.1. The molecule has 7 heteroatoms. The Kier molecular flexibility index (Phi) is 8.07. The van der Waals surface area contributed by atoms with E-state index in [1.807, 2.05) is 0 Å². The molecule has 0 atom stereocenters. The molecule has 1 heterocycles. The normalized spacial score (nSPS) is 14.5. The first-order valence-corrected chi connectivity index (χ1v) is 11.1. The smallest absolute Gasteiger partial charge is 0.269 e. The summed E-state index contributed by atoms with van der Waals surface area (Å²) in [7, 11) is 0. The Morgan fingerprint density at radius 2 is 1.59 bits per heavy atom. The molecule has 2 aromatic carbocycles. The highest BCUT2D eigenvalue weighted by Crippen LogP contribution is 2.17. The van der Waals surface area contributed by atoms with Crippen molar-refractivity contribution in [2.75, 3.05) is 18.8 Å². The maximum Gasteiger partial charge on any atom is 0.269 e. The lowest BCUT2D eigenvalue weighted by molar-refractivity contribution is -0.384. The predicted octanol–water partition coefficient (Wildman–Crippen LogP) is 4.13. The highest BCUT2D eigenvalue weighted by atomic mass is 32.2. The van der Waals surface area contributed by atoms with Crippen LogP contribution in [-0.4, -0.2) is 34.6 Å². The summed E-state index contributed by atoms with van der Waals surface area (Å²) in [5.74, 6) is 1.01. The Hall–Kier alpha value is -2.38. The van der Waals surface area contributed by atoms with Gasteiger partial charge in [0.15, 0.2) is 0 Å². The van der Waals surface area contributed by atoms with Gasteiger partial charge in [-0.2, -0.15) is 0 Å². The van der Waals surface area contributed by atoms with Crippen LogP contribution in [0.25, 0.3) is 0 Å². The number of carbonyl (C=O) groups is 1. The molecule has 1 N–H and O–H groups in total. The lowest BCUT2D eigenvalue weighted by Gasteiger charge is -2.26. The molecule has 2 aromatic rings. The average molecular weight is 414 g/mol. The van der Waals surface area contributed by atoms with Gasteiger partial charge in [-0.3, -0.25) is 19.8 Å². The molecule has 0 aliphatic carbocycles. The second kappa shape index (κ2) is 11.0. The van der Waals surface area contributed by atoms with Gasteiger partial charge in [0.2, 0.25) is 5.91 Å². The predicted molar refractivity (Wildman–Crippen MR) is 117 cm³/mol. The third-order valence-electron chi connectivity index (χ3n) is 5.02. The topological polar surface area (TPSA) is 75.5 Å². The summed E-state index contributed by atoms with van der Waals surface area (Å²) in [6.07, 6.45) is 3.94. The fraction of sp³-hybridized carbons (Fsp3) is 0.409. The van der Waals surface area contributed by atoms with E-state index in [4.69, 9.17) is 0 Å². The zero-order valence-corrected chi connectivity index (χ0v) is 17.3. The van der Waals surface area contributed by atoms with Crippen molar-refractivity contribution in [2.24, 2.45) is 0 Å². The minimum atomic E-state index is -0.412. The number of carbonyl (C=O) groups excluding carboxylic acids is 1. The fourth-order valence-corrected chi connectivity index (χ4v) is 4.18. The van der Waals surface area contributed by atoms with Gasteiger partial charge in [0.05, 0.1) is 10.7 Å². The molecule has 1 fully saturated rings. The summed E-state index contributed by atoms with van der Waals surface area (Å²) in [6.45, 7) is 3.91. The van der Waals surface area contributed by atoms with E-state index in [0.29, 0.717) is 18.1 Å². The Labute approximate surface area is 175 Å². The number of amides is 1. The zero-order chi connectivity index (χ0) is 20.5. The molecule has 1 amide bonds. The van der Waals surface area contributed by atoms with Gasteiger partial charge < -0.3 is 5.32 Å². The van der Waals surface area contributed by atoms with Crippen molar-refractivity contribution in [3.05, 3.63) is 75.3 Å². The van der Waals surface area contributed by atoms with E-state index in [-0.39, 0.29) is 11.6 Å². The number of benzene rings is 2. The second-order valence-corrected chi connectivity index (χ2v) is 8.33. The maximum absolute atomic E-state index is 12.1. The minimum Gasteiger partial charge on any atom is -0.351 e. The molecule has 154 valence electrons. The second-order valence-electron chi connectivity index (χ2n) is 7.35. The minimum absolute atomic E-state index is 0.00527. The van der Waals surface area contributed by atoms with Crippen LogP contribution in [0.4, 0.5) is 5.69 Å². The first-order chi connectivity index (χ1) is 14.1. The number of rotatable bonds is 9. The van der Waals surface area contributed by atoms with Crippen LogP contribution in [0.15, 0.2) is 48.5 Å². The molecular formula is C22H27N3O3S. The van der Waals surface area contributed by atoms with Crippen LogP contribution < -0.4 is 5.32 Å². The van der Waals surface area contributed by atoms with Crippen LogP contribution in [0, 0.1) is 10.1 Å². The van der Waals surface area contributed by atoms with Gasteiger partial charge in [0, 0.05) is 31.0 Å². The number of nitro groups is 1. The van der Waals surface area contributed by atoms with Gasteiger partial charge in [-0.1, -0.05) is 42.8 Å². The van der Waals surface area contributed by atoms with Crippen LogP contribution in [-0.2, 0) is 23.6 Å². The van der Waals surface area contributed by atoms with E-state index in [1.165, 1.54) is 61.8 Å². The van der Waals surface area contributed by atoms with Crippen molar-refractivity contribution in [3.63, 3.8) is 0 Å². The zero-order valence-electron chi connectivity index (χ0n) is 16.5. The lowest BCUT2D eigenvalue weighted by atomic mass is 10.1. The van der Waals surface area contributed by atoms with E-state index in [2.05, 4.69) is 34.5 Å². The third-order valence-corrected chi connectivity index (χ3v) is 6.02. The monoisotopic (exact) mass is 413 g/mol. The Morgan fingerprint density at radius 3 is 2.24 bits per heavy atom. The summed E-state index contributed by atoms with van der Waals surface area (Å²) in [4.78, 5) is 24.8. The Bertz CT molecular complexity index is 803. The summed E-state index contributed by atoms with van der Waals surface area (Å²) in [6, 6.07) is 14.9. The van der Waals surface area contributed by atoms with Crippen molar-refractivity contribution in [2.45, 2.75) is 38.1 Å². The molecule has 0 radical (unpaired) electrons. The summed E-state index contributed by atoms with van der Waals surface area (Å²) in [5.41, 5.74) is 3.47. The molecule has 29 heavy (non-hydrogen) atoms. The molecule has 6 nitrogen and oxygen atoms in total. The lowest BCUT2D eigenvalue weighted by Crippen LogP contribution is -2.29. The number of likely N-dealkylation sites (tertiary alicyclic amines) is 1. The molecule has 0 bridgehead atoms. The van der Waals surface area contributed by atoms with Crippen molar-refractivity contribution >= 4 is 23.4 Å². The standard InChI is InChI=1S/C22H27N3O3S/c26-22(17-29-16-20-8-10-21(11-9-20)25(27)28)23-14-18-4-6-19(7-5-18)15-24-12-2-1-3-13-24/h4-11H,1-3,12-17H2,(H,23,26). The van der Waals surface area contributed by atoms with Crippen LogP contribution in [0.5, 0.6) is 0 Å². The average Bonchev–Trinajstić information content (AvgIpc) is 2.74. The molecule has 1 aliphatic rings. The van der Waals surface area contributed by atoms with Gasteiger partial charge in [-0.05, 0) is 42.6 Å². The summed E-state index contributed by atoms with van der Waals surface area (Å²) >= 11 is 1.50. The Balaban J connectivity index is 1.35. The largest absolute Gasteiger partial charge is 0.351 e. The van der Waals surface area contributed by atoms with Gasteiger partial charge >= 0.3 is 0 Å². The van der Waals surface area contributed by atoms with Gasteiger partial charge in [0.1, 0.15) is 0 Å². The Morgan fingerprint density at radius 1 is 0.966 bits per heavy atom. The quantitative estimate of drug-likeness (QED) is 0.494. The number of thioether (sulfide) groups is 1. The first-order valence-electron chi connectivity index (χ1n) is 9.98. The number of piperidine rings is 1. The van der Waals surface area contributed by atoms with Crippen molar-refractivity contribution < 1.29 is 9.72 Å². The van der Waals surface area contributed by atoms with Crippen molar-refractivity contribution in [3.8, 4) is 0 Å². The van der Waals surface area contributed by atoms with Gasteiger partial charge in [-0.15, -0.1) is 11.8 Å². The molecule has 1 saturated heterocycles. The molecule has 0 unspecified atom stereocenters. The van der Waals surface area contributed by atoms with Crippen molar-refractivity contribution in [1.29, 1.82) is 0 Å². The number of nitrogens with zero attached hydrogens (tertiary/aromatic N) is 2. The van der Waals surface area contributed by atoms with E-state index < -0.39 is 4.92 Å². The van der Waals surface area contributed by atoms with Gasteiger partial charge in [0.25, 0.3) is 5.69 Å². The number of nitrogens with one attached hydrogen (secondary N) is 1. The molecule has 1 aliphatic heterocycles. The van der Waals surface area contributed by atoms with Crippen LogP contribution >= 0.6 is 11.8 Å². The van der Waals surface area contributed by atoms with E-state index in [9.17, 15) is 14.9 Å². The first kappa shape index (κ1) is 21.3. The molecule has 3 rings (SSSR count). The molecule has 0 spiro atoms. The molecular weight excluding hydrogens is 386 g/mol. The van der Waals surface area contributed by atoms with Gasteiger partial charge in [-0.25, -0.2) is 0 Å².